The summed E-state index contributed by atoms with van der Waals surface area (Å²) in [5, 5.41) is 4.85. The Kier molecular flexibility index (Phi) is 2.11. The lowest BCUT2D eigenvalue weighted by Gasteiger charge is -2.20. The molecule has 0 bridgehead atoms. The van der Waals surface area contributed by atoms with E-state index in [1.807, 2.05) is 0 Å². The van der Waals surface area contributed by atoms with Gasteiger partial charge in [0.1, 0.15) is 0 Å². The van der Waals surface area contributed by atoms with Gasteiger partial charge in [-0.05, 0) is 24.6 Å². The topological polar surface area (TPSA) is 27.8 Å². The van der Waals surface area contributed by atoms with Gasteiger partial charge in [0.2, 0.25) is 0 Å². The molecular formula is C12H13BrN2. The molecule has 3 rings (SSSR count). The lowest BCUT2D eigenvalue weighted by Crippen LogP contribution is -2.32. The second kappa shape index (κ2) is 3.35. The van der Waals surface area contributed by atoms with E-state index in [4.69, 9.17) is 0 Å². The maximum Gasteiger partial charge on any atom is 0.0470 e. The number of aromatic amines is 1. The molecule has 0 fully saturated rings. The van der Waals surface area contributed by atoms with E-state index in [1.165, 1.54) is 22.2 Å². The molecule has 1 aliphatic heterocycles. The first kappa shape index (κ1) is 9.43. The Morgan fingerprint density at radius 1 is 1.40 bits per heavy atom. The third-order valence-corrected chi connectivity index (χ3v) is 3.59. The zero-order valence-corrected chi connectivity index (χ0v) is 10.2. The normalized spacial score (nSPS) is 20.5. The highest BCUT2D eigenvalue weighted by atomic mass is 79.9. The van der Waals surface area contributed by atoms with Crippen molar-refractivity contribution in [2.24, 2.45) is 0 Å². The molecule has 0 saturated heterocycles. The van der Waals surface area contributed by atoms with Gasteiger partial charge in [0.05, 0.1) is 0 Å². The number of benzene rings is 1. The van der Waals surface area contributed by atoms with Crippen molar-refractivity contribution in [2.45, 2.75) is 25.9 Å². The number of aromatic nitrogens is 1. The average molecular weight is 265 g/mol. The molecule has 15 heavy (non-hydrogen) atoms. The number of hydrogen-bond donors (Lipinski definition) is 2. The van der Waals surface area contributed by atoms with Crippen molar-refractivity contribution >= 4 is 26.8 Å². The van der Waals surface area contributed by atoms with E-state index in [2.05, 4.69) is 51.4 Å². The van der Waals surface area contributed by atoms with Crippen LogP contribution in [0.15, 0.2) is 22.7 Å². The molecule has 2 nitrogen and oxygen atoms in total. The zero-order chi connectivity index (χ0) is 10.4. The molecular weight excluding hydrogens is 252 g/mol. The predicted octanol–water partition coefficient (Wildman–Crippen LogP) is 2.96. The van der Waals surface area contributed by atoms with Crippen molar-refractivity contribution in [1.29, 1.82) is 0 Å². The molecule has 78 valence electrons. The zero-order valence-electron chi connectivity index (χ0n) is 8.60. The van der Waals surface area contributed by atoms with Gasteiger partial charge in [0, 0.05) is 40.1 Å². The largest absolute Gasteiger partial charge is 0.358 e. The molecule has 0 aliphatic carbocycles. The highest BCUT2D eigenvalue weighted by Crippen LogP contribution is 2.28. The van der Waals surface area contributed by atoms with Gasteiger partial charge in [-0.3, -0.25) is 0 Å². The van der Waals surface area contributed by atoms with E-state index in [-0.39, 0.29) is 0 Å². The molecule has 1 unspecified atom stereocenters. The molecule has 1 aliphatic rings. The standard InChI is InChI=1S/C12H13BrN2/c1-7-4-11-10(6-14-7)9-3-2-8(13)5-12(9)15-11/h2-3,5,7,14-15H,4,6H2,1H3. The second-order valence-electron chi connectivity index (χ2n) is 4.26. The SMILES string of the molecule is CC1Cc2[nH]c3cc(Br)ccc3c2CN1. The van der Waals surface area contributed by atoms with Gasteiger partial charge in [-0.15, -0.1) is 0 Å². The quantitative estimate of drug-likeness (QED) is 0.753. The Balaban J connectivity index is 2.23. The Morgan fingerprint density at radius 2 is 2.27 bits per heavy atom. The minimum atomic E-state index is 0.578. The van der Waals surface area contributed by atoms with Gasteiger partial charge in [0.15, 0.2) is 0 Å². The molecule has 0 amide bonds. The van der Waals surface area contributed by atoms with Crippen molar-refractivity contribution < 1.29 is 0 Å². The Labute approximate surface area is 97.2 Å². The summed E-state index contributed by atoms with van der Waals surface area (Å²) < 4.78 is 1.13. The lowest BCUT2D eigenvalue weighted by molar-refractivity contribution is 0.511. The number of nitrogens with one attached hydrogen (secondary N) is 2. The van der Waals surface area contributed by atoms with Crippen molar-refractivity contribution in [3.63, 3.8) is 0 Å². The van der Waals surface area contributed by atoms with Crippen LogP contribution in [0.2, 0.25) is 0 Å². The van der Waals surface area contributed by atoms with Gasteiger partial charge >= 0.3 is 0 Å². The van der Waals surface area contributed by atoms with Crippen LogP contribution in [0.3, 0.4) is 0 Å². The van der Waals surface area contributed by atoms with Gasteiger partial charge in [-0.2, -0.15) is 0 Å². The summed E-state index contributed by atoms with van der Waals surface area (Å²) in [5.74, 6) is 0. The number of fused-ring (bicyclic) bond motifs is 3. The highest BCUT2D eigenvalue weighted by molar-refractivity contribution is 9.10. The van der Waals surface area contributed by atoms with Crippen LogP contribution in [-0.4, -0.2) is 11.0 Å². The van der Waals surface area contributed by atoms with Crippen molar-refractivity contribution in [1.82, 2.24) is 10.3 Å². The smallest absolute Gasteiger partial charge is 0.0470 e. The highest BCUT2D eigenvalue weighted by Gasteiger charge is 2.18. The third-order valence-electron chi connectivity index (χ3n) is 3.09. The van der Waals surface area contributed by atoms with Crippen LogP contribution in [0.5, 0.6) is 0 Å². The fraction of sp³-hybridized carbons (Fsp3) is 0.333. The van der Waals surface area contributed by atoms with E-state index >= 15 is 0 Å². The molecule has 2 N–H and O–H groups in total. The monoisotopic (exact) mass is 264 g/mol. The van der Waals surface area contributed by atoms with Crippen LogP contribution in [-0.2, 0) is 13.0 Å². The number of rotatable bonds is 0. The van der Waals surface area contributed by atoms with Crippen LogP contribution in [0, 0.1) is 0 Å². The third kappa shape index (κ3) is 1.50. The van der Waals surface area contributed by atoms with E-state index in [0.29, 0.717) is 6.04 Å². The Morgan fingerprint density at radius 3 is 3.13 bits per heavy atom. The lowest BCUT2D eigenvalue weighted by atomic mass is 10.0. The number of H-pyrrole nitrogens is 1. The first-order chi connectivity index (χ1) is 7.24. The Hall–Kier alpha value is -0.800. The molecule has 0 saturated carbocycles. The maximum atomic E-state index is 3.52. The summed E-state index contributed by atoms with van der Waals surface area (Å²) in [6.07, 6.45) is 1.10. The fourth-order valence-corrected chi connectivity index (χ4v) is 2.68. The average Bonchev–Trinajstić information content (AvgIpc) is 2.53. The van der Waals surface area contributed by atoms with Crippen LogP contribution in [0.4, 0.5) is 0 Å². The molecule has 0 radical (unpaired) electrons. The van der Waals surface area contributed by atoms with Crippen molar-refractivity contribution in [3.8, 4) is 0 Å². The predicted molar refractivity (Wildman–Crippen MR) is 66.0 cm³/mol. The van der Waals surface area contributed by atoms with Crippen molar-refractivity contribution in [3.05, 3.63) is 33.9 Å². The fourth-order valence-electron chi connectivity index (χ4n) is 2.31. The summed E-state index contributed by atoms with van der Waals surface area (Å²) in [4.78, 5) is 3.52. The van der Waals surface area contributed by atoms with E-state index < -0.39 is 0 Å². The number of hydrogen-bond acceptors (Lipinski definition) is 1. The first-order valence-corrected chi connectivity index (χ1v) is 6.05. The van der Waals surface area contributed by atoms with E-state index in [1.54, 1.807) is 0 Å². The first-order valence-electron chi connectivity index (χ1n) is 5.26. The summed E-state index contributed by atoms with van der Waals surface area (Å²) >= 11 is 3.50. The van der Waals surface area contributed by atoms with Crippen molar-refractivity contribution in [2.75, 3.05) is 0 Å². The maximum absolute atomic E-state index is 3.52. The van der Waals surface area contributed by atoms with Gasteiger partial charge in [0.25, 0.3) is 0 Å². The summed E-state index contributed by atoms with van der Waals surface area (Å²) in [6, 6.07) is 7.02. The van der Waals surface area contributed by atoms with Gasteiger partial charge in [-0.1, -0.05) is 22.0 Å². The Bertz CT molecular complexity index is 516. The number of halogens is 1. The van der Waals surface area contributed by atoms with Gasteiger partial charge < -0.3 is 10.3 Å². The molecule has 1 atom stereocenters. The molecule has 2 heterocycles. The summed E-state index contributed by atoms with van der Waals surface area (Å²) in [6.45, 7) is 3.21. The minimum Gasteiger partial charge on any atom is -0.358 e. The van der Waals surface area contributed by atoms with Crippen LogP contribution in [0.25, 0.3) is 10.9 Å². The molecule has 0 spiro atoms. The minimum absolute atomic E-state index is 0.578. The second-order valence-corrected chi connectivity index (χ2v) is 5.17. The van der Waals surface area contributed by atoms with Crippen LogP contribution < -0.4 is 5.32 Å². The van der Waals surface area contributed by atoms with Crippen LogP contribution in [0.1, 0.15) is 18.2 Å². The summed E-state index contributed by atoms with van der Waals surface area (Å²) in [7, 11) is 0. The summed E-state index contributed by atoms with van der Waals surface area (Å²) in [5.41, 5.74) is 4.08. The molecule has 1 aromatic carbocycles. The molecule has 1 aromatic heterocycles. The van der Waals surface area contributed by atoms with E-state index in [9.17, 15) is 0 Å². The molecule has 2 aromatic rings. The van der Waals surface area contributed by atoms with E-state index in [0.717, 1.165) is 17.4 Å². The van der Waals surface area contributed by atoms with Gasteiger partial charge in [-0.25, -0.2) is 0 Å². The molecule has 3 heteroatoms. The van der Waals surface area contributed by atoms with Crippen LogP contribution >= 0.6 is 15.9 Å².